The van der Waals surface area contributed by atoms with E-state index in [0.29, 0.717) is 25.2 Å². The summed E-state index contributed by atoms with van der Waals surface area (Å²) in [4.78, 5) is 0. The lowest BCUT2D eigenvalue weighted by molar-refractivity contribution is 0.136. The van der Waals surface area contributed by atoms with Gasteiger partial charge in [-0.25, -0.2) is 8.78 Å². The molecule has 1 atom stereocenters. The average Bonchev–Trinajstić information content (AvgIpc) is 2.32. The summed E-state index contributed by atoms with van der Waals surface area (Å²) >= 11 is 0. The molecule has 18 heavy (non-hydrogen) atoms. The van der Waals surface area contributed by atoms with Crippen molar-refractivity contribution in [3.8, 4) is 0 Å². The van der Waals surface area contributed by atoms with E-state index in [1.807, 2.05) is 6.92 Å². The van der Waals surface area contributed by atoms with Crippen LogP contribution in [0.25, 0.3) is 0 Å². The molecule has 0 saturated heterocycles. The molecule has 0 saturated carbocycles. The molecular weight excluding hydrogens is 236 g/mol. The van der Waals surface area contributed by atoms with Crippen molar-refractivity contribution < 1.29 is 13.5 Å². The molecule has 0 bridgehead atoms. The smallest absolute Gasteiger partial charge is 0.126 e. The molecule has 1 rings (SSSR count). The molecule has 0 aliphatic rings. The van der Waals surface area contributed by atoms with Gasteiger partial charge in [0.2, 0.25) is 0 Å². The fraction of sp³-hybridized carbons (Fsp3) is 0.571. The zero-order valence-corrected chi connectivity index (χ0v) is 11.0. The predicted octanol–water partition coefficient (Wildman–Crippen LogP) is 3.43. The van der Waals surface area contributed by atoms with E-state index in [1.165, 1.54) is 12.1 Å². The molecule has 0 fully saturated rings. The Balaban J connectivity index is 2.72. The molecule has 0 aliphatic carbocycles. The molecule has 1 unspecified atom stereocenters. The monoisotopic (exact) mass is 257 g/mol. The van der Waals surface area contributed by atoms with Crippen molar-refractivity contribution >= 4 is 0 Å². The fourth-order valence-electron chi connectivity index (χ4n) is 1.83. The van der Waals surface area contributed by atoms with Crippen LogP contribution in [0.1, 0.15) is 38.3 Å². The Morgan fingerprint density at radius 3 is 2.39 bits per heavy atom. The third-order valence-corrected chi connectivity index (χ3v) is 2.68. The van der Waals surface area contributed by atoms with E-state index >= 15 is 0 Å². The molecular formula is C14H21F2NO. The first-order valence-electron chi connectivity index (χ1n) is 6.44. The highest BCUT2D eigenvalue weighted by Crippen LogP contribution is 2.19. The highest BCUT2D eigenvalue weighted by Gasteiger charge is 2.12. The minimum atomic E-state index is -0.537. The first kappa shape index (κ1) is 15.1. The summed E-state index contributed by atoms with van der Waals surface area (Å²) in [5.41, 5.74) is 0.639. The number of rotatable bonds is 8. The van der Waals surface area contributed by atoms with Crippen molar-refractivity contribution in [2.75, 3.05) is 19.8 Å². The van der Waals surface area contributed by atoms with Gasteiger partial charge in [-0.15, -0.1) is 0 Å². The number of hydrogen-bond donors (Lipinski definition) is 1. The molecule has 2 nitrogen and oxygen atoms in total. The predicted molar refractivity (Wildman–Crippen MR) is 68.5 cm³/mol. The lowest BCUT2D eigenvalue weighted by Crippen LogP contribution is -2.23. The fourth-order valence-corrected chi connectivity index (χ4v) is 1.83. The minimum Gasteiger partial charge on any atom is -0.382 e. The second kappa shape index (κ2) is 8.16. The van der Waals surface area contributed by atoms with Crippen LogP contribution in [0, 0.1) is 11.6 Å². The summed E-state index contributed by atoms with van der Waals surface area (Å²) < 4.78 is 31.7. The quantitative estimate of drug-likeness (QED) is 0.720. The standard InChI is InChI=1S/C14H21F2NO/c1-3-6-17-14(5-7-18-4-2)11-8-12(15)10-13(16)9-11/h8-10,14,17H,3-7H2,1-2H3. The maximum Gasteiger partial charge on any atom is 0.126 e. The zero-order valence-electron chi connectivity index (χ0n) is 11.0. The van der Waals surface area contributed by atoms with E-state index < -0.39 is 11.6 Å². The topological polar surface area (TPSA) is 21.3 Å². The lowest BCUT2D eigenvalue weighted by atomic mass is 10.0. The summed E-state index contributed by atoms with van der Waals surface area (Å²) in [7, 11) is 0. The highest BCUT2D eigenvalue weighted by molar-refractivity contribution is 5.21. The van der Waals surface area contributed by atoms with Gasteiger partial charge in [0.25, 0.3) is 0 Å². The van der Waals surface area contributed by atoms with Gasteiger partial charge in [-0.1, -0.05) is 6.92 Å². The van der Waals surface area contributed by atoms with Gasteiger partial charge in [0.1, 0.15) is 11.6 Å². The van der Waals surface area contributed by atoms with Crippen LogP contribution in [-0.2, 0) is 4.74 Å². The Morgan fingerprint density at radius 2 is 1.83 bits per heavy atom. The molecule has 1 aromatic rings. The van der Waals surface area contributed by atoms with Crippen LogP contribution in [0.4, 0.5) is 8.78 Å². The molecule has 0 aliphatic heterocycles. The second-order valence-corrected chi connectivity index (χ2v) is 4.20. The molecule has 102 valence electrons. The maximum absolute atomic E-state index is 13.2. The molecule has 0 heterocycles. The SMILES string of the molecule is CCCNC(CCOCC)c1cc(F)cc(F)c1. The van der Waals surface area contributed by atoms with E-state index in [4.69, 9.17) is 4.74 Å². The van der Waals surface area contributed by atoms with Gasteiger partial charge in [-0.05, 0) is 44.0 Å². The van der Waals surface area contributed by atoms with Crippen molar-refractivity contribution in [2.24, 2.45) is 0 Å². The van der Waals surface area contributed by atoms with Crippen molar-refractivity contribution in [3.05, 3.63) is 35.4 Å². The van der Waals surface area contributed by atoms with Crippen molar-refractivity contribution in [1.82, 2.24) is 5.32 Å². The van der Waals surface area contributed by atoms with Crippen LogP contribution >= 0.6 is 0 Å². The largest absolute Gasteiger partial charge is 0.382 e. The van der Waals surface area contributed by atoms with E-state index in [1.54, 1.807) is 0 Å². The van der Waals surface area contributed by atoms with Crippen molar-refractivity contribution in [3.63, 3.8) is 0 Å². The second-order valence-electron chi connectivity index (χ2n) is 4.20. The lowest BCUT2D eigenvalue weighted by Gasteiger charge is -2.19. The number of ether oxygens (including phenoxy) is 1. The van der Waals surface area contributed by atoms with Crippen LogP contribution < -0.4 is 5.32 Å². The van der Waals surface area contributed by atoms with Gasteiger partial charge >= 0.3 is 0 Å². The average molecular weight is 257 g/mol. The molecule has 0 aromatic heterocycles. The van der Waals surface area contributed by atoms with Crippen molar-refractivity contribution in [1.29, 1.82) is 0 Å². The van der Waals surface area contributed by atoms with E-state index in [0.717, 1.165) is 19.0 Å². The Bertz CT molecular complexity index is 337. The number of hydrogen-bond acceptors (Lipinski definition) is 2. The Kier molecular flexibility index (Phi) is 6.83. The van der Waals surface area contributed by atoms with Gasteiger partial charge in [0.05, 0.1) is 0 Å². The highest BCUT2D eigenvalue weighted by atomic mass is 19.1. The van der Waals surface area contributed by atoms with Crippen LogP contribution in [-0.4, -0.2) is 19.8 Å². The maximum atomic E-state index is 13.2. The van der Waals surface area contributed by atoms with Crippen LogP contribution in [0.3, 0.4) is 0 Å². The van der Waals surface area contributed by atoms with Gasteiger partial charge in [-0.2, -0.15) is 0 Å². The Labute approximate surface area is 107 Å². The van der Waals surface area contributed by atoms with Crippen LogP contribution in [0.15, 0.2) is 18.2 Å². The molecule has 4 heteroatoms. The summed E-state index contributed by atoms with van der Waals surface area (Å²) in [6, 6.07) is 3.58. The Morgan fingerprint density at radius 1 is 1.17 bits per heavy atom. The van der Waals surface area contributed by atoms with Gasteiger partial charge in [-0.3, -0.25) is 0 Å². The van der Waals surface area contributed by atoms with E-state index in [2.05, 4.69) is 12.2 Å². The summed E-state index contributed by atoms with van der Waals surface area (Å²) in [6.45, 7) is 6.03. The molecule has 0 radical (unpaired) electrons. The van der Waals surface area contributed by atoms with E-state index in [9.17, 15) is 8.78 Å². The van der Waals surface area contributed by atoms with E-state index in [-0.39, 0.29) is 6.04 Å². The van der Waals surface area contributed by atoms with Gasteiger partial charge in [0, 0.05) is 25.3 Å². The first-order valence-corrected chi connectivity index (χ1v) is 6.44. The minimum absolute atomic E-state index is 0.0679. The zero-order chi connectivity index (χ0) is 13.4. The number of benzene rings is 1. The summed E-state index contributed by atoms with van der Waals surface area (Å²) in [5, 5.41) is 3.29. The number of nitrogens with one attached hydrogen (secondary N) is 1. The molecule has 1 N–H and O–H groups in total. The van der Waals surface area contributed by atoms with Crippen LogP contribution in [0.2, 0.25) is 0 Å². The summed E-state index contributed by atoms with van der Waals surface area (Å²) in [6.07, 6.45) is 1.68. The molecule has 0 amide bonds. The summed E-state index contributed by atoms with van der Waals surface area (Å²) in [5.74, 6) is -1.07. The third kappa shape index (κ3) is 5.10. The number of halogens is 2. The third-order valence-electron chi connectivity index (χ3n) is 2.68. The molecule has 0 spiro atoms. The molecule has 1 aromatic carbocycles. The van der Waals surface area contributed by atoms with Crippen molar-refractivity contribution in [2.45, 2.75) is 32.7 Å². The van der Waals surface area contributed by atoms with Gasteiger partial charge < -0.3 is 10.1 Å². The van der Waals surface area contributed by atoms with Crippen LogP contribution in [0.5, 0.6) is 0 Å². The first-order chi connectivity index (χ1) is 8.67. The Hall–Kier alpha value is -1.00. The van der Waals surface area contributed by atoms with Gasteiger partial charge in [0.15, 0.2) is 0 Å². The normalized spacial score (nSPS) is 12.7.